The van der Waals surface area contributed by atoms with Crippen molar-refractivity contribution in [3.05, 3.63) is 11.4 Å². The van der Waals surface area contributed by atoms with E-state index in [9.17, 15) is 8.42 Å². The van der Waals surface area contributed by atoms with E-state index in [1.807, 2.05) is 0 Å². The Hall–Kier alpha value is -0.990. The molecule has 0 fully saturated rings. The lowest BCUT2D eigenvalue weighted by Gasteiger charge is -2.11. The summed E-state index contributed by atoms with van der Waals surface area (Å²) in [5, 5.41) is 4.09. The van der Waals surface area contributed by atoms with Gasteiger partial charge >= 0.3 is 0 Å². The predicted molar refractivity (Wildman–Crippen MR) is 73.8 cm³/mol. The highest BCUT2D eigenvalue weighted by atomic mass is 32.2. The largest absolute Gasteiger partial charge is 0.393 e. The Bertz CT molecular complexity index is 563. The van der Waals surface area contributed by atoms with Crippen molar-refractivity contribution in [3.8, 4) is 0 Å². The molecular weight excluding hydrogens is 272 g/mol. The van der Waals surface area contributed by atoms with Crippen LogP contribution in [0.3, 0.4) is 0 Å². The minimum Gasteiger partial charge on any atom is -0.393 e. The maximum Gasteiger partial charge on any atom is 0.244 e. The fraction of sp³-hybridized carbons (Fsp3) is 0.600. The third-order valence-electron chi connectivity index (χ3n) is 2.78. The van der Waals surface area contributed by atoms with Crippen LogP contribution in [-0.4, -0.2) is 29.7 Å². The number of hydrogen-bond acceptors (Lipinski definition) is 4. The molecule has 0 saturated heterocycles. The van der Waals surface area contributed by atoms with Crippen molar-refractivity contribution in [1.29, 1.82) is 0 Å². The summed E-state index contributed by atoms with van der Waals surface area (Å²) in [6, 6.07) is 0. The first-order valence-corrected chi connectivity index (χ1v) is 7.35. The molecule has 1 aromatic heterocycles. The number of sulfonamides is 1. The van der Waals surface area contributed by atoms with E-state index in [1.165, 1.54) is 0 Å². The highest BCUT2D eigenvalue weighted by molar-refractivity contribution is 7.89. The van der Waals surface area contributed by atoms with Gasteiger partial charge in [-0.05, 0) is 13.8 Å². The fourth-order valence-corrected chi connectivity index (χ4v) is 3.20. The molecule has 1 aromatic rings. The van der Waals surface area contributed by atoms with Gasteiger partial charge in [-0.25, -0.2) is 13.1 Å². The van der Waals surface area contributed by atoms with Crippen molar-refractivity contribution >= 4 is 27.2 Å². The third kappa shape index (κ3) is 3.06. The van der Waals surface area contributed by atoms with Crippen LogP contribution in [0.2, 0.25) is 0 Å². The van der Waals surface area contributed by atoms with Crippen LogP contribution in [0.25, 0.3) is 0 Å². The molecule has 102 valence electrons. The highest BCUT2D eigenvalue weighted by Crippen LogP contribution is 2.18. The summed E-state index contributed by atoms with van der Waals surface area (Å²) in [5.74, 6) is -0.188. The molecule has 0 aliphatic carbocycles. The molecule has 0 aliphatic rings. The molecule has 3 N–H and O–H groups in total. The van der Waals surface area contributed by atoms with Crippen molar-refractivity contribution < 1.29 is 8.42 Å². The number of aromatic nitrogens is 2. The van der Waals surface area contributed by atoms with E-state index in [2.05, 4.69) is 9.82 Å². The fourth-order valence-electron chi connectivity index (χ4n) is 1.55. The van der Waals surface area contributed by atoms with E-state index in [0.29, 0.717) is 11.4 Å². The van der Waals surface area contributed by atoms with E-state index in [0.717, 1.165) is 0 Å². The third-order valence-corrected chi connectivity index (χ3v) is 4.85. The van der Waals surface area contributed by atoms with Crippen LogP contribution >= 0.6 is 12.2 Å². The minimum absolute atomic E-state index is 0.186. The van der Waals surface area contributed by atoms with Crippen LogP contribution in [-0.2, 0) is 17.1 Å². The first kappa shape index (κ1) is 15.1. The van der Waals surface area contributed by atoms with Crippen molar-refractivity contribution in [3.63, 3.8) is 0 Å². The number of nitrogens with one attached hydrogen (secondary N) is 1. The summed E-state index contributed by atoms with van der Waals surface area (Å²) in [4.78, 5) is 0.512. The molecule has 1 atom stereocenters. The zero-order valence-corrected chi connectivity index (χ0v) is 12.5. The molecule has 0 saturated carbocycles. The highest BCUT2D eigenvalue weighted by Gasteiger charge is 2.24. The second-order valence-electron chi connectivity index (χ2n) is 4.28. The van der Waals surface area contributed by atoms with Gasteiger partial charge < -0.3 is 5.73 Å². The molecule has 0 spiro atoms. The lowest BCUT2D eigenvalue weighted by Crippen LogP contribution is -2.34. The standard InChI is InChI=1S/C10H18N4O2S2/c1-6(10(11)17)5-12-18(15,16)9-7(2)13-14(4)8(9)3/h6,12H,5H2,1-4H3,(H2,11,17). The molecular formula is C10H18N4O2S2. The summed E-state index contributed by atoms with van der Waals surface area (Å²) in [5.41, 5.74) is 6.53. The lowest BCUT2D eigenvalue weighted by atomic mass is 10.2. The molecule has 0 aliphatic heterocycles. The second kappa shape index (κ2) is 5.33. The minimum atomic E-state index is -3.58. The van der Waals surface area contributed by atoms with Gasteiger partial charge in [-0.3, -0.25) is 4.68 Å². The van der Waals surface area contributed by atoms with Crippen molar-refractivity contribution in [2.45, 2.75) is 25.7 Å². The molecule has 0 amide bonds. The van der Waals surface area contributed by atoms with Crippen LogP contribution in [0.4, 0.5) is 0 Å². The van der Waals surface area contributed by atoms with Crippen LogP contribution in [0.1, 0.15) is 18.3 Å². The van der Waals surface area contributed by atoms with Gasteiger partial charge in [0.2, 0.25) is 10.0 Å². The van der Waals surface area contributed by atoms with E-state index >= 15 is 0 Å². The first-order chi connectivity index (χ1) is 8.16. The summed E-state index contributed by atoms with van der Waals surface area (Å²) in [7, 11) is -1.87. The van der Waals surface area contributed by atoms with Crippen molar-refractivity contribution in [2.75, 3.05) is 6.54 Å². The van der Waals surface area contributed by atoms with Crippen LogP contribution in [0, 0.1) is 19.8 Å². The summed E-state index contributed by atoms with van der Waals surface area (Å²) in [6.07, 6.45) is 0. The second-order valence-corrected chi connectivity index (χ2v) is 6.45. The monoisotopic (exact) mass is 290 g/mol. The molecule has 0 aromatic carbocycles. The number of rotatable bonds is 5. The van der Waals surface area contributed by atoms with Gasteiger partial charge in [0.1, 0.15) is 4.90 Å². The average Bonchev–Trinajstić information content (AvgIpc) is 2.50. The Balaban J connectivity index is 2.97. The SMILES string of the molecule is Cc1nn(C)c(C)c1S(=O)(=O)NCC(C)C(N)=S. The van der Waals surface area contributed by atoms with Gasteiger partial charge in [0.25, 0.3) is 0 Å². The number of nitrogens with zero attached hydrogens (tertiary/aromatic N) is 2. The van der Waals surface area contributed by atoms with Gasteiger partial charge in [0.15, 0.2) is 0 Å². The Morgan fingerprint density at radius 3 is 2.50 bits per heavy atom. The van der Waals surface area contributed by atoms with E-state index in [4.69, 9.17) is 18.0 Å². The average molecular weight is 290 g/mol. The molecule has 0 bridgehead atoms. The normalized spacial score (nSPS) is 13.6. The number of hydrogen-bond donors (Lipinski definition) is 2. The molecule has 18 heavy (non-hydrogen) atoms. The number of thiocarbonyl (C=S) groups is 1. The van der Waals surface area contributed by atoms with Gasteiger partial charge in [-0.15, -0.1) is 0 Å². The smallest absolute Gasteiger partial charge is 0.244 e. The first-order valence-electron chi connectivity index (χ1n) is 5.46. The summed E-state index contributed by atoms with van der Waals surface area (Å²) >= 11 is 4.81. The maximum atomic E-state index is 12.2. The molecule has 1 rings (SSSR count). The Morgan fingerprint density at radius 1 is 1.56 bits per heavy atom. The molecule has 8 heteroatoms. The molecule has 6 nitrogen and oxygen atoms in total. The van der Waals surface area contributed by atoms with Gasteiger partial charge in [0.05, 0.1) is 16.4 Å². The maximum absolute atomic E-state index is 12.2. The lowest BCUT2D eigenvalue weighted by molar-refractivity contribution is 0.573. The number of aryl methyl sites for hydroxylation is 2. The van der Waals surface area contributed by atoms with Gasteiger partial charge in [0, 0.05) is 19.5 Å². The number of nitrogens with two attached hydrogens (primary N) is 1. The van der Waals surface area contributed by atoms with Gasteiger partial charge in [-0.2, -0.15) is 5.10 Å². The Kier molecular flexibility index (Phi) is 4.46. The van der Waals surface area contributed by atoms with Crippen LogP contribution in [0.15, 0.2) is 4.90 Å². The van der Waals surface area contributed by atoms with E-state index < -0.39 is 10.0 Å². The molecule has 1 unspecified atom stereocenters. The molecule has 0 radical (unpaired) electrons. The topological polar surface area (TPSA) is 90.0 Å². The van der Waals surface area contributed by atoms with Crippen molar-refractivity contribution in [1.82, 2.24) is 14.5 Å². The predicted octanol–water partition coefficient (Wildman–Crippen LogP) is 0.237. The summed E-state index contributed by atoms with van der Waals surface area (Å²) < 4.78 is 28.4. The molecule has 1 heterocycles. The van der Waals surface area contributed by atoms with Crippen LogP contribution in [0.5, 0.6) is 0 Å². The Labute approximate surface area is 113 Å². The van der Waals surface area contributed by atoms with Crippen molar-refractivity contribution in [2.24, 2.45) is 18.7 Å². The van der Waals surface area contributed by atoms with E-state index in [1.54, 1.807) is 32.5 Å². The zero-order valence-electron chi connectivity index (χ0n) is 10.9. The quantitative estimate of drug-likeness (QED) is 0.758. The zero-order chi connectivity index (χ0) is 14.1. The Morgan fingerprint density at radius 2 is 2.11 bits per heavy atom. The summed E-state index contributed by atoms with van der Waals surface area (Å²) in [6.45, 7) is 5.34. The van der Waals surface area contributed by atoms with Crippen LogP contribution < -0.4 is 10.5 Å². The van der Waals surface area contributed by atoms with Gasteiger partial charge in [-0.1, -0.05) is 19.1 Å². The van der Waals surface area contributed by atoms with E-state index in [-0.39, 0.29) is 22.3 Å².